The Hall–Kier alpha value is -5.61. The Balaban J connectivity index is 1.92. The number of primary amides is 1. The number of carbonyl (C=O) groups excluding carboxylic acids is 5. The molecule has 0 saturated carbocycles. The van der Waals surface area contributed by atoms with Crippen molar-refractivity contribution in [1.82, 2.24) is 21.3 Å². The van der Waals surface area contributed by atoms with Gasteiger partial charge in [0.2, 0.25) is 29.5 Å². The van der Waals surface area contributed by atoms with Crippen LogP contribution in [0.3, 0.4) is 0 Å². The van der Waals surface area contributed by atoms with Crippen LogP contribution in [-0.2, 0) is 36.8 Å². The number of aliphatic hydroxyl groups is 1. The number of halogens is 1. The van der Waals surface area contributed by atoms with Crippen molar-refractivity contribution in [2.45, 2.75) is 76.2 Å². The van der Waals surface area contributed by atoms with Gasteiger partial charge in [-0.1, -0.05) is 68.4 Å². The summed E-state index contributed by atoms with van der Waals surface area (Å²) in [7, 11) is 0. The Labute approximate surface area is 307 Å². The number of hydrogen-bond donors (Lipinski definition) is 9. The fourth-order valence-electron chi connectivity index (χ4n) is 5.55. The van der Waals surface area contributed by atoms with Crippen molar-refractivity contribution in [2.24, 2.45) is 33.8 Å². The minimum Gasteiger partial charge on any atom is -0.394 e. The molecule has 286 valence electrons. The van der Waals surface area contributed by atoms with Crippen LogP contribution < -0.4 is 44.2 Å². The fraction of sp³-hybridized carbons (Fsp3) is 0.405. The first kappa shape index (κ1) is 41.8. The maximum atomic E-state index is 14.1. The second-order valence-corrected chi connectivity index (χ2v) is 13.2. The molecule has 5 atom stereocenters. The lowest BCUT2D eigenvalue weighted by Crippen LogP contribution is -2.59. The van der Waals surface area contributed by atoms with Gasteiger partial charge >= 0.3 is 0 Å². The van der Waals surface area contributed by atoms with Crippen LogP contribution in [0.4, 0.5) is 4.39 Å². The van der Waals surface area contributed by atoms with E-state index in [1.54, 1.807) is 0 Å². The number of carbonyl (C=O) groups is 5. The number of aliphatic hydroxyl groups excluding tert-OH is 1. The number of nitrogens with two attached hydrogens (primary N) is 4. The van der Waals surface area contributed by atoms with E-state index >= 15 is 0 Å². The molecule has 0 aliphatic heterocycles. The lowest BCUT2D eigenvalue weighted by Gasteiger charge is -2.27. The molecule has 0 heterocycles. The summed E-state index contributed by atoms with van der Waals surface area (Å²) in [6, 6.07) is 12.4. The highest BCUT2D eigenvalue weighted by Crippen LogP contribution is 2.18. The van der Waals surface area contributed by atoms with E-state index in [0.717, 1.165) is 10.8 Å². The van der Waals surface area contributed by atoms with Crippen LogP contribution in [0.25, 0.3) is 10.8 Å². The van der Waals surface area contributed by atoms with E-state index in [1.165, 1.54) is 24.3 Å². The van der Waals surface area contributed by atoms with Crippen molar-refractivity contribution in [3.8, 4) is 0 Å². The van der Waals surface area contributed by atoms with Gasteiger partial charge in [0.05, 0.1) is 6.61 Å². The van der Waals surface area contributed by atoms with E-state index in [2.05, 4.69) is 26.3 Å². The monoisotopic (exact) mass is 735 g/mol. The molecule has 13 N–H and O–H groups in total. The van der Waals surface area contributed by atoms with Gasteiger partial charge in [-0.15, -0.1) is 0 Å². The third-order valence-electron chi connectivity index (χ3n) is 8.35. The van der Waals surface area contributed by atoms with Crippen molar-refractivity contribution in [3.63, 3.8) is 0 Å². The highest BCUT2D eigenvalue weighted by molar-refractivity contribution is 5.96. The summed E-state index contributed by atoms with van der Waals surface area (Å²) in [5.74, 6) is -4.44. The molecule has 0 spiro atoms. The smallest absolute Gasteiger partial charge is 0.243 e. The number of aliphatic imine (C=N–C) groups is 1. The molecule has 0 radical (unpaired) electrons. The SMILES string of the molecule is CC(C)C[C@H](NC(=O)[C@@H](Cc1ccc2ccccc2c1)NC(=O)[C@@H](Cc1ccc(F)cc1)NC(=O)[C@@H](N)CO)C(=O)N[C@@H](CCCN=C(N)N)C(N)=O. The summed E-state index contributed by atoms with van der Waals surface area (Å²) in [6.07, 6.45) is 0.542. The Morgan fingerprint density at radius 1 is 0.717 bits per heavy atom. The normalized spacial score (nSPS) is 13.9. The van der Waals surface area contributed by atoms with Gasteiger partial charge in [0, 0.05) is 19.4 Å². The maximum Gasteiger partial charge on any atom is 0.243 e. The summed E-state index contributed by atoms with van der Waals surface area (Å²) in [5, 5.41) is 21.9. The maximum absolute atomic E-state index is 14.1. The molecule has 16 heteroatoms. The summed E-state index contributed by atoms with van der Waals surface area (Å²) < 4.78 is 13.7. The number of fused-ring (bicyclic) bond motifs is 1. The second kappa shape index (κ2) is 20.4. The lowest BCUT2D eigenvalue weighted by molar-refractivity contribution is -0.134. The molecule has 53 heavy (non-hydrogen) atoms. The number of hydrogen-bond acceptors (Lipinski definition) is 8. The van der Waals surface area contributed by atoms with Crippen LogP contribution in [-0.4, -0.2) is 84.0 Å². The zero-order valence-corrected chi connectivity index (χ0v) is 29.9. The predicted octanol–water partition coefficient (Wildman–Crippen LogP) is -0.392. The first-order valence-corrected chi connectivity index (χ1v) is 17.3. The first-order valence-electron chi connectivity index (χ1n) is 17.3. The number of nitrogens with zero attached hydrogens (tertiary/aromatic N) is 1. The van der Waals surface area contributed by atoms with Gasteiger partial charge in [-0.3, -0.25) is 29.0 Å². The molecule has 0 unspecified atom stereocenters. The summed E-state index contributed by atoms with van der Waals surface area (Å²) in [6.45, 7) is 3.22. The minimum atomic E-state index is -1.33. The van der Waals surface area contributed by atoms with Gasteiger partial charge in [0.15, 0.2) is 5.96 Å². The number of benzene rings is 3. The minimum absolute atomic E-state index is 0.0134. The fourth-order valence-corrected chi connectivity index (χ4v) is 5.55. The molecular formula is C37H50FN9O6. The van der Waals surface area contributed by atoms with E-state index in [4.69, 9.17) is 22.9 Å². The molecular weight excluding hydrogens is 685 g/mol. The van der Waals surface area contributed by atoms with Crippen LogP contribution in [0.5, 0.6) is 0 Å². The Morgan fingerprint density at radius 2 is 1.25 bits per heavy atom. The van der Waals surface area contributed by atoms with Gasteiger partial charge < -0.3 is 49.3 Å². The summed E-state index contributed by atoms with van der Waals surface area (Å²) >= 11 is 0. The summed E-state index contributed by atoms with van der Waals surface area (Å²) in [4.78, 5) is 70.4. The average Bonchev–Trinajstić information content (AvgIpc) is 3.11. The van der Waals surface area contributed by atoms with Crippen LogP contribution in [0, 0.1) is 11.7 Å². The Kier molecular flexibility index (Phi) is 16.1. The van der Waals surface area contributed by atoms with Gasteiger partial charge in [-0.25, -0.2) is 4.39 Å². The molecule has 3 aromatic carbocycles. The molecule has 0 aliphatic carbocycles. The van der Waals surface area contributed by atoms with Crippen LogP contribution in [0.2, 0.25) is 0 Å². The largest absolute Gasteiger partial charge is 0.394 e. The molecule has 3 rings (SSSR count). The highest BCUT2D eigenvalue weighted by atomic mass is 19.1. The molecule has 15 nitrogen and oxygen atoms in total. The van der Waals surface area contributed by atoms with Gasteiger partial charge in [-0.05, 0) is 59.2 Å². The molecule has 0 aliphatic rings. The first-order chi connectivity index (χ1) is 25.2. The van der Waals surface area contributed by atoms with E-state index in [9.17, 15) is 33.5 Å². The zero-order chi connectivity index (χ0) is 39.1. The second-order valence-electron chi connectivity index (χ2n) is 13.2. The Bertz CT molecular complexity index is 1750. The third kappa shape index (κ3) is 13.8. The standard InChI is InChI=1S/C37H50FN9O6/c1-21(2)16-29(34(51)44-28(32(40)49)8-5-15-43-37(41)42)46-36(53)31(19-23-9-12-24-6-3-4-7-25(24)17-23)47-35(52)30(45-33(50)27(39)20-48)18-22-10-13-26(38)14-11-22/h3-4,6-7,9-14,17,21,27-31,48H,5,8,15-16,18-20,39H2,1-2H3,(H2,40,49)(H,44,51)(H,45,50)(H,46,53)(H,47,52)(H4,41,42,43)/t27-,28-,29-,30+,31+/m0/s1. The highest BCUT2D eigenvalue weighted by Gasteiger charge is 2.32. The topological polar surface area (TPSA) is 270 Å². The van der Waals surface area contributed by atoms with Gasteiger partial charge in [0.25, 0.3) is 0 Å². The number of rotatable bonds is 20. The number of nitrogens with one attached hydrogen (secondary N) is 4. The molecule has 0 fully saturated rings. The molecule has 0 saturated heterocycles. The number of amides is 5. The van der Waals surface area contributed by atoms with Crippen molar-refractivity contribution in [1.29, 1.82) is 0 Å². The van der Waals surface area contributed by atoms with E-state index in [1.807, 2.05) is 56.3 Å². The lowest BCUT2D eigenvalue weighted by atomic mass is 9.98. The van der Waals surface area contributed by atoms with Crippen LogP contribution >= 0.6 is 0 Å². The van der Waals surface area contributed by atoms with Crippen molar-refractivity contribution in [3.05, 3.63) is 83.7 Å². The number of guanidine groups is 1. The Morgan fingerprint density at radius 3 is 1.83 bits per heavy atom. The van der Waals surface area contributed by atoms with Gasteiger partial charge in [-0.2, -0.15) is 0 Å². The van der Waals surface area contributed by atoms with E-state index < -0.39 is 72.2 Å². The molecule has 5 amide bonds. The summed E-state index contributed by atoms with van der Waals surface area (Å²) in [5.41, 5.74) is 23.2. The molecule has 0 aromatic heterocycles. The van der Waals surface area contributed by atoms with Crippen molar-refractivity contribution < 1.29 is 33.5 Å². The predicted molar refractivity (Wildman–Crippen MR) is 199 cm³/mol. The van der Waals surface area contributed by atoms with E-state index in [0.29, 0.717) is 17.5 Å². The van der Waals surface area contributed by atoms with Crippen molar-refractivity contribution in [2.75, 3.05) is 13.2 Å². The average molecular weight is 736 g/mol. The molecule has 3 aromatic rings. The zero-order valence-electron chi connectivity index (χ0n) is 29.9. The van der Waals surface area contributed by atoms with Crippen LogP contribution in [0.1, 0.15) is 44.2 Å². The van der Waals surface area contributed by atoms with Crippen molar-refractivity contribution >= 4 is 46.3 Å². The van der Waals surface area contributed by atoms with E-state index in [-0.39, 0.29) is 44.1 Å². The van der Waals surface area contributed by atoms with Gasteiger partial charge in [0.1, 0.15) is 36.0 Å². The molecule has 0 bridgehead atoms. The third-order valence-corrected chi connectivity index (χ3v) is 8.35. The van der Waals surface area contributed by atoms with Crippen LogP contribution in [0.15, 0.2) is 71.7 Å². The quantitative estimate of drug-likeness (QED) is 0.0415.